The molecule has 0 aliphatic carbocycles. The molecule has 140 valence electrons. The molecule has 1 aromatic carbocycles. The maximum atomic E-state index is 12.2. The van der Waals surface area contributed by atoms with Crippen molar-refractivity contribution >= 4 is 22.4 Å². The number of nitriles is 1. The van der Waals surface area contributed by atoms with E-state index in [1.807, 2.05) is 30.3 Å². The molecule has 27 heavy (non-hydrogen) atoms. The van der Waals surface area contributed by atoms with Crippen LogP contribution in [0.4, 0.5) is 5.13 Å². The summed E-state index contributed by atoms with van der Waals surface area (Å²) in [5.74, 6) is 0.325. The Kier molecular flexibility index (Phi) is 6.06. The number of amides is 1. The molecule has 7 nitrogen and oxygen atoms in total. The number of benzene rings is 1. The van der Waals surface area contributed by atoms with Crippen LogP contribution in [0.1, 0.15) is 16.1 Å². The first kappa shape index (κ1) is 18.9. The zero-order valence-electron chi connectivity index (χ0n) is 15.3. The predicted molar refractivity (Wildman–Crippen MR) is 104 cm³/mol. The van der Waals surface area contributed by atoms with E-state index in [-0.39, 0.29) is 5.57 Å². The molecule has 0 saturated heterocycles. The number of fused-ring (bicyclic) bond motifs is 1. The normalized spacial score (nSPS) is 14.2. The van der Waals surface area contributed by atoms with Gasteiger partial charge in [-0.2, -0.15) is 5.26 Å². The Morgan fingerprint density at radius 2 is 2.22 bits per heavy atom. The van der Waals surface area contributed by atoms with Gasteiger partial charge in [-0.25, -0.2) is 4.98 Å². The van der Waals surface area contributed by atoms with Crippen molar-refractivity contribution in [3.63, 3.8) is 0 Å². The summed E-state index contributed by atoms with van der Waals surface area (Å²) in [4.78, 5) is 20.3. The Morgan fingerprint density at radius 3 is 2.93 bits per heavy atom. The van der Waals surface area contributed by atoms with Crippen LogP contribution in [0.5, 0.6) is 5.75 Å². The zero-order valence-corrected chi connectivity index (χ0v) is 16.1. The summed E-state index contributed by atoms with van der Waals surface area (Å²) < 4.78 is 5.11. The SMILES string of the molecule is COc1ccc(CNC(=O)/C(C#N)=C\Nc2nc3c(s2)CN(C)CC3)cc1. The number of carbonyl (C=O) groups excluding carboxylic acids is 1. The number of rotatable bonds is 6. The lowest BCUT2D eigenvalue weighted by molar-refractivity contribution is -0.117. The average Bonchev–Trinajstić information content (AvgIpc) is 3.09. The van der Waals surface area contributed by atoms with Crippen LogP contribution in [0.2, 0.25) is 0 Å². The van der Waals surface area contributed by atoms with E-state index in [1.54, 1.807) is 18.4 Å². The van der Waals surface area contributed by atoms with Crippen molar-refractivity contribution < 1.29 is 9.53 Å². The summed E-state index contributed by atoms with van der Waals surface area (Å²) >= 11 is 1.56. The standard InChI is InChI=1S/C19H21N5O2S/c1-24-8-7-16-17(12-24)27-19(23-16)22-11-14(9-20)18(25)21-10-13-3-5-15(26-2)6-4-13/h3-6,11H,7-8,10,12H2,1-2H3,(H,21,25)(H,22,23)/b14-11-. The highest BCUT2D eigenvalue weighted by atomic mass is 32.1. The second-order valence-electron chi connectivity index (χ2n) is 6.22. The summed E-state index contributed by atoms with van der Waals surface area (Å²) in [5.41, 5.74) is 2.02. The molecule has 1 aliphatic heterocycles. The smallest absolute Gasteiger partial charge is 0.263 e. The predicted octanol–water partition coefficient (Wildman–Crippen LogP) is 2.28. The number of likely N-dealkylation sites (N-methyl/N-ethyl adjacent to an activating group) is 1. The Balaban J connectivity index is 1.58. The molecule has 2 aromatic rings. The molecule has 1 amide bonds. The molecule has 0 bridgehead atoms. The molecule has 0 fully saturated rings. The maximum absolute atomic E-state index is 12.2. The van der Waals surface area contributed by atoms with Crippen LogP contribution in [0.15, 0.2) is 36.0 Å². The minimum atomic E-state index is -0.429. The van der Waals surface area contributed by atoms with Crippen LogP contribution in [0, 0.1) is 11.3 Å². The van der Waals surface area contributed by atoms with E-state index in [0.29, 0.717) is 11.7 Å². The van der Waals surface area contributed by atoms with Gasteiger partial charge in [-0.3, -0.25) is 4.79 Å². The van der Waals surface area contributed by atoms with E-state index in [1.165, 1.54) is 11.1 Å². The minimum Gasteiger partial charge on any atom is -0.497 e. The molecule has 8 heteroatoms. The zero-order chi connectivity index (χ0) is 19.2. The van der Waals surface area contributed by atoms with Crippen LogP contribution < -0.4 is 15.4 Å². The van der Waals surface area contributed by atoms with Crippen molar-refractivity contribution in [3.8, 4) is 11.8 Å². The molecule has 0 unspecified atom stereocenters. The van der Waals surface area contributed by atoms with E-state index < -0.39 is 5.91 Å². The van der Waals surface area contributed by atoms with Crippen molar-refractivity contribution in [2.24, 2.45) is 0 Å². The summed E-state index contributed by atoms with van der Waals surface area (Å²) in [6, 6.07) is 9.31. The Labute approximate surface area is 162 Å². The highest BCUT2D eigenvalue weighted by molar-refractivity contribution is 7.15. The molecule has 1 aromatic heterocycles. The Hall–Kier alpha value is -2.89. The van der Waals surface area contributed by atoms with Crippen LogP contribution in [-0.2, 0) is 24.3 Å². The van der Waals surface area contributed by atoms with Crippen LogP contribution in [-0.4, -0.2) is 36.5 Å². The van der Waals surface area contributed by atoms with Gasteiger partial charge in [0.2, 0.25) is 0 Å². The lowest BCUT2D eigenvalue weighted by atomic mass is 10.2. The number of methoxy groups -OCH3 is 1. The number of hydrogen-bond acceptors (Lipinski definition) is 7. The summed E-state index contributed by atoms with van der Waals surface area (Å²) in [7, 11) is 3.68. The van der Waals surface area contributed by atoms with Gasteiger partial charge in [0.05, 0.1) is 12.8 Å². The lowest BCUT2D eigenvalue weighted by Gasteiger charge is -2.20. The van der Waals surface area contributed by atoms with Gasteiger partial charge < -0.3 is 20.3 Å². The third kappa shape index (κ3) is 4.84. The van der Waals surface area contributed by atoms with E-state index >= 15 is 0 Å². The van der Waals surface area contributed by atoms with E-state index in [9.17, 15) is 10.1 Å². The molecular formula is C19H21N5O2S. The molecule has 1 aliphatic rings. The number of aromatic nitrogens is 1. The van der Waals surface area contributed by atoms with E-state index in [2.05, 4.69) is 27.6 Å². The molecular weight excluding hydrogens is 362 g/mol. The largest absolute Gasteiger partial charge is 0.497 e. The van der Waals surface area contributed by atoms with Crippen LogP contribution in [0.25, 0.3) is 0 Å². The molecule has 0 spiro atoms. The van der Waals surface area contributed by atoms with Crippen molar-refractivity contribution in [1.82, 2.24) is 15.2 Å². The van der Waals surface area contributed by atoms with Crippen molar-refractivity contribution in [3.05, 3.63) is 52.2 Å². The van der Waals surface area contributed by atoms with Gasteiger partial charge in [0.15, 0.2) is 5.13 Å². The van der Waals surface area contributed by atoms with Gasteiger partial charge in [0, 0.05) is 37.1 Å². The number of thiazole rings is 1. The molecule has 2 N–H and O–H groups in total. The number of hydrogen-bond donors (Lipinski definition) is 2. The number of anilines is 1. The van der Waals surface area contributed by atoms with Crippen molar-refractivity contribution in [1.29, 1.82) is 5.26 Å². The molecule has 3 rings (SSSR count). The van der Waals surface area contributed by atoms with Gasteiger partial charge in [-0.1, -0.05) is 12.1 Å². The first-order valence-corrected chi connectivity index (χ1v) is 9.35. The van der Waals surface area contributed by atoms with Crippen LogP contribution in [0.3, 0.4) is 0 Å². The minimum absolute atomic E-state index is 0.00815. The van der Waals surface area contributed by atoms with Gasteiger partial charge >= 0.3 is 0 Å². The number of nitrogens with one attached hydrogen (secondary N) is 2. The van der Waals surface area contributed by atoms with E-state index in [4.69, 9.17) is 4.74 Å². The fraction of sp³-hybridized carbons (Fsp3) is 0.316. The third-order valence-corrected chi connectivity index (χ3v) is 5.25. The summed E-state index contributed by atoms with van der Waals surface area (Å²) in [6.07, 6.45) is 2.33. The van der Waals surface area contributed by atoms with E-state index in [0.717, 1.165) is 36.5 Å². The Morgan fingerprint density at radius 1 is 1.44 bits per heavy atom. The molecule has 0 radical (unpaired) electrons. The van der Waals surface area contributed by atoms with Crippen molar-refractivity contribution in [2.75, 3.05) is 26.0 Å². The number of ether oxygens (including phenoxy) is 1. The first-order valence-electron chi connectivity index (χ1n) is 8.54. The first-order chi connectivity index (χ1) is 13.1. The second-order valence-corrected chi connectivity index (χ2v) is 7.31. The van der Waals surface area contributed by atoms with Crippen LogP contribution >= 0.6 is 11.3 Å². The summed E-state index contributed by atoms with van der Waals surface area (Å²) in [5, 5.41) is 15.7. The molecule has 0 atom stereocenters. The highest BCUT2D eigenvalue weighted by Gasteiger charge is 2.18. The third-order valence-electron chi connectivity index (χ3n) is 4.24. The molecule has 0 saturated carbocycles. The lowest BCUT2D eigenvalue weighted by Crippen LogP contribution is -2.25. The second kappa shape index (κ2) is 8.66. The molecule has 2 heterocycles. The van der Waals surface area contributed by atoms with Gasteiger partial charge in [-0.15, -0.1) is 11.3 Å². The monoisotopic (exact) mass is 383 g/mol. The average molecular weight is 383 g/mol. The maximum Gasteiger partial charge on any atom is 0.263 e. The van der Waals surface area contributed by atoms with Gasteiger partial charge in [-0.05, 0) is 24.7 Å². The fourth-order valence-electron chi connectivity index (χ4n) is 2.69. The van der Waals surface area contributed by atoms with Crippen molar-refractivity contribution in [2.45, 2.75) is 19.5 Å². The Bertz CT molecular complexity index is 882. The summed E-state index contributed by atoms with van der Waals surface area (Å²) in [6.45, 7) is 2.20. The number of carbonyl (C=O) groups is 1. The number of nitrogens with zero attached hydrogens (tertiary/aromatic N) is 3. The topological polar surface area (TPSA) is 90.3 Å². The quantitative estimate of drug-likeness (QED) is 0.587. The van der Waals surface area contributed by atoms with Gasteiger partial charge in [0.1, 0.15) is 17.4 Å². The van der Waals surface area contributed by atoms with Gasteiger partial charge in [0.25, 0.3) is 5.91 Å². The highest BCUT2D eigenvalue weighted by Crippen LogP contribution is 2.27. The fourth-order valence-corrected chi connectivity index (χ4v) is 3.75.